The lowest BCUT2D eigenvalue weighted by Crippen LogP contribution is -2.10. The van der Waals surface area contributed by atoms with E-state index in [0.29, 0.717) is 0 Å². The average molecular weight is 1270 g/mol. The summed E-state index contributed by atoms with van der Waals surface area (Å²) < 4.78 is 4.84. The van der Waals surface area contributed by atoms with Crippen molar-refractivity contribution >= 4 is 86.7 Å². The fraction of sp³-hybridized carbons (Fsp3) is 0.0928. The molecule has 18 aromatic rings. The van der Waals surface area contributed by atoms with E-state index < -0.39 is 0 Å². The lowest BCUT2D eigenvalue weighted by molar-refractivity contribution is 0.591. The van der Waals surface area contributed by atoms with Gasteiger partial charge in [0.25, 0.3) is 0 Å². The summed E-state index contributed by atoms with van der Waals surface area (Å²) in [6, 6.07) is 123. The molecule has 99 heavy (non-hydrogen) atoms. The van der Waals surface area contributed by atoms with Crippen molar-refractivity contribution in [2.45, 2.75) is 59.3 Å². The fourth-order valence-corrected chi connectivity index (χ4v) is 15.6. The molecular weight excluding hydrogens is 1190 g/mol. The Morgan fingerprint density at radius 3 is 0.798 bits per heavy atom. The van der Waals surface area contributed by atoms with Crippen molar-refractivity contribution in [2.75, 3.05) is 0 Å². The number of aryl methyl sites for hydroxylation is 1. The van der Waals surface area contributed by atoms with Crippen molar-refractivity contribution in [1.82, 2.24) is 9.13 Å². The maximum Gasteiger partial charge on any atom is 0.0541 e. The Morgan fingerprint density at radius 1 is 0.192 bits per heavy atom. The van der Waals surface area contributed by atoms with E-state index in [-0.39, 0.29) is 10.8 Å². The van der Waals surface area contributed by atoms with Gasteiger partial charge >= 0.3 is 0 Å². The number of aromatic nitrogens is 2. The van der Waals surface area contributed by atoms with Gasteiger partial charge in [-0.3, -0.25) is 0 Å². The van der Waals surface area contributed by atoms with Crippen LogP contribution in [0.4, 0.5) is 0 Å². The molecule has 2 heterocycles. The molecule has 0 saturated carbocycles. The van der Waals surface area contributed by atoms with Crippen LogP contribution in [0.5, 0.6) is 0 Å². The molecule has 2 nitrogen and oxygen atoms in total. The van der Waals surface area contributed by atoms with Crippen LogP contribution in [-0.2, 0) is 10.8 Å². The normalized spacial score (nSPS) is 12.0. The van der Waals surface area contributed by atoms with E-state index in [2.05, 4.69) is 391 Å². The second-order valence-electron chi connectivity index (χ2n) is 28.8. The minimum absolute atomic E-state index is 0.0876. The number of benzene rings is 16. The zero-order chi connectivity index (χ0) is 67.1. The van der Waals surface area contributed by atoms with E-state index in [4.69, 9.17) is 0 Å². The van der Waals surface area contributed by atoms with Crippen molar-refractivity contribution in [3.63, 3.8) is 0 Å². The molecule has 0 aliphatic carbocycles. The highest BCUT2D eigenvalue weighted by molar-refractivity contribution is 6.23. The van der Waals surface area contributed by atoms with Crippen LogP contribution >= 0.6 is 0 Å². The molecule has 0 unspecified atom stereocenters. The van der Waals surface area contributed by atoms with Crippen LogP contribution in [0.2, 0.25) is 0 Å². The number of hydrogen-bond acceptors (Lipinski definition) is 0. The first-order valence-corrected chi connectivity index (χ1v) is 34.8. The van der Waals surface area contributed by atoms with Crippen LogP contribution in [0.3, 0.4) is 0 Å². The number of para-hydroxylation sites is 2. The molecule has 0 aliphatic rings. The third-order valence-electron chi connectivity index (χ3n) is 20.6. The third kappa shape index (κ3) is 10.8. The van der Waals surface area contributed by atoms with Crippen molar-refractivity contribution < 1.29 is 0 Å². The van der Waals surface area contributed by atoms with E-state index >= 15 is 0 Å². The highest BCUT2D eigenvalue weighted by Crippen LogP contribution is 2.48. The first-order valence-electron chi connectivity index (χ1n) is 34.8. The van der Waals surface area contributed by atoms with Gasteiger partial charge in [-0.25, -0.2) is 0 Å². The summed E-state index contributed by atoms with van der Waals surface area (Å²) in [7, 11) is 0. The van der Waals surface area contributed by atoms with Crippen LogP contribution in [0.15, 0.2) is 334 Å². The van der Waals surface area contributed by atoms with E-state index in [0.717, 1.165) is 0 Å². The number of nitrogens with zero attached hydrogens (tertiary/aromatic N) is 2. The Hall–Kier alpha value is -11.8. The van der Waals surface area contributed by atoms with Crippen LogP contribution < -0.4 is 0 Å². The Bertz CT molecular complexity index is 6060. The van der Waals surface area contributed by atoms with Crippen LogP contribution in [0.1, 0.15) is 58.2 Å². The molecule has 0 N–H and O–H groups in total. The van der Waals surface area contributed by atoms with E-state index in [9.17, 15) is 0 Å². The second kappa shape index (κ2) is 24.4. The lowest BCUT2D eigenvalue weighted by Gasteiger charge is -2.19. The fourth-order valence-electron chi connectivity index (χ4n) is 15.6. The van der Waals surface area contributed by atoms with Gasteiger partial charge in [0.2, 0.25) is 0 Å². The summed E-state index contributed by atoms with van der Waals surface area (Å²) in [5.41, 5.74) is 26.4. The molecule has 0 fully saturated rings. The predicted octanol–water partition coefficient (Wildman–Crippen LogP) is 27.1. The Kier molecular flexibility index (Phi) is 15.0. The minimum atomic E-state index is 0.0876. The Balaban J connectivity index is 0.000000148. The molecule has 18 rings (SSSR count). The molecule has 0 atom stereocenters. The Morgan fingerprint density at radius 2 is 0.455 bits per heavy atom. The smallest absolute Gasteiger partial charge is 0.0541 e. The van der Waals surface area contributed by atoms with E-state index in [1.807, 2.05) is 0 Å². The summed E-state index contributed by atoms with van der Waals surface area (Å²) in [5, 5.41) is 15.4. The van der Waals surface area contributed by atoms with Crippen molar-refractivity contribution in [1.29, 1.82) is 0 Å². The van der Waals surface area contributed by atoms with Crippen LogP contribution in [-0.4, -0.2) is 9.13 Å². The van der Waals surface area contributed by atoms with Gasteiger partial charge in [0.1, 0.15) is 0 Å². The first kappa shape index (κ1) is 60.8. The molecule has 0 saturated heterocycles. The van der Waals surface area contributed by atoms with Gasteiger partial charge in [0.15, 0.2) is 0 Å². The second-order valence-corrected chi connectivity index (χ2v) is 28.8. The van der Waals surface area contributed by atoms with E-state index in [1.165, 1.54) is 182 Å². The van der Waals surface area contributed by atoms with Crippen LogP contribution in [0, 0.1) is 6.92 Å². The largest absolute Gasteiger partial charge is 0.309 e. The number of rotatable bonds is 8. The quantitative estimate of drug-likeness (QED) is 0.134. The molecule has 0 aliphatic heterocycles. The van der Waals surface area contributed by atoms with Crippen molar-refractivity contribution in [3.8, 4) is 78.1 Å². The minimum Gasteiger partial charge on any atom is -0.309 e. The average Bonchev–Trinajstić information content (AvgIpc) is 1.06. The van der Waals surface area contributed by atoms with Gasteiger partial charge in [-0.05, 0) is 199 Å². The van der Waals surface area contributed by atoms with Gasteiger partial charge in [-0.2, -0.15) is 0 Å². The van der Waals surface area contributed by atoms with Gasteiger partial charge in [0, 0.05) is 32.9 Å². The zero-order valence-electron chi connectivity index (χ0n) is 57.1. The standard InChI is InChI=1S/C49H39N.C48H37N/c1-32-18-28-42-44(30-32)48(35-21-19-34(20-22-35)33-12-6-5-7-13-33)41-16-9-8-15-40(41)47(42)36-23-26-38(27-24-36)50-45-17-11-10-14-39(45)43-31-37(49(2,3)4)25-29-46(43)50;1-48(2,3)36-27-30-45-43(31-36)38-15-11-12-20-44(38)49(45)37-28-25-35(26-29-37)47-41-18-9-7-16-39(41)46(40-17-8-10-19-42(40)47)34-23-21-33(22-24-34)32-13-5-4-6-14-32/h5-31H,1-4H3;4-31H,1-3H3. The van der Waals surface area contributed by atoms with Gasteiger partial charge in [0.05, 0.1) is 22.1 Å². The molecule has 0 amide bonds. The van der Waals surface area contributed by atoms with Crippen molar-refractivity contribution in [2.24, 2.45) is 0 Å². The monoisotopic (exact) mass is 1270 g/mol. The highest BCUT2D eigenvalue weighted by atomic mass is 15.0. The first-order chi connectivity index (χ1) is 48.3. The van der Waals surface area contributed by atoms with Gasteiger partial charge < -0.3 is 9.13 Å². The molecule has 474 valence electrons. The lowest BCUT2D eigenvalue weighted by atomic mass is 9.85. The maximum atomic E-state index is 2.42. The summed E-state index contributed by atoms with van der Waals surface area (Å²) in [5.74, 6) is 0. The molecular formula is C97H76N2. The summed E-state index contributed by atoms with van der Waals surface area (Å²) in [4.78, 5) is 0. The Labute approximate surface area is 580 Å². The molecule has 2 heteroatoms. The SMILES string of the molecule is CC(C)(C)c1ccc2c(c1)c1ccccc1n2-c1ccc(-c2c3ccccc3c(-c3ccc(-c4ccccc4)cc3)c3ccccc23)cc1.Cc1ccc2c(-c3ccc(-n4c5ccccc5c5cc(C(C)(C)C)ccc54)cc3)c3ccccc3c(-c3ccc(-c4ccccc4)cc3)c2c1. The summed E-state index contributed by atoms with van der Waals surface area (Å²) in [6.07, 6.45) is 0. The van der Waals surface area contributed by atoms with Crippen molar-refractivity contribution in [3.05, 3.63) is 350 Å². The molecule has 16 aromatic carbocycles. The molecule has 2 aromatic heterocycles. The topological polar surface area (TPSA) is 9.86 Å². The summed E-state index contributed by atoms with van der Waals surface area (Å²) >= 11 is 0. The van der Waals surface area contributed by atoms with Crippen LogP contribution in [0.25, 0.3) is 165 Å². The maximum absolute atomic E-state index is 2.42. The summed E-state index contributed by atoms with van der Waals surface area (Å²) in [6.45, 7) is 15.9. The highest BCUT2D eigenvalue weighted by Gasteiger charge is 2.23. The van der Waals surface area contributed by atoms with Gasteiger partial charge in [-0.1, -0.05) is 320 Å². The zero-order valence-corrected chi connectivity index (χ0v) is 57.1. The number of hydrogen-bond donors (Lipinski definition) is 0. The third-order valence-corrected chi connectivity index (χ3v) is 20.6. The van der Waals surface area contributed by atoms with Gasteiger partial charge in [-0.15, -0.1) is 0 Å². The molecule has 0 radical (unpaired) electrons. The molecule has 0 bridgehead atoms. The molecule has 0 spiro atoms. The predicted molar refractivity (Wildman–Crippen MR) is 426 cm³/mol. The van der Waals surface area contributed by atoms with E-state index in [1.54, 1.807) is 0 Å². The number of fused-ring (bicyclic) bond motifs is 10.